The third-order valence-electron chi connectivity index (χ3n) is 8.76. The Morgan fingerprint density at radius 1 is 0.522 bits per heavy atom. The Bertz CT molecular complexity index is 2370. The summed E-state index contributed by atoms with van der Waals surface area (Å²) in [5.74, 6) is 0. The number of fused-ring (bicyclic) bond motifs is 4. The van der Waals surface area contributed by atoms with Crippen LogP contribution < -0.4 is 10.6 Å². The molecule has 1 heterocycles. The molecular weight excluding hydrogens is 577 g/mol. The highest BCUT2D eigenvalue weighted by molar-refractivity contribution is 7.21. The van der Waals surface area contributed by atoms with E-state index >= 15 is 0 Å². The summed E-state index contributed by atoms with van der Waals surface area (Å²) in [6, 6.07) is 54.6. The van der Waals surface area contributed by atoms with E-state index in [1.165, 1.54) is 48.5 Å². The number of hydrogen-bond donors (Lipinski definition) is 1. The van der Waals surface area contributed by atoms with Crippen LogP contribution in [0, 0.1) is 0 Å². The minimum atomic E-state index is 0.832. The third-order valence-corrected chi connectivity index (χ3v) is 9.97. The van der Waals surface area contributed by atoms with Crippen molar-refractivity contribution in [3.8, 4) is 22.3 Å². The van der Waals surface area contributed by atoms with Gasteiger partial charge in [-0.2, -0.15) is 0 Å². The zero-order valence-corrected chi connectivity index (χ0v) is 26.3. The molecule has 0 aliphatic rings. The number of anilines is 4. The van der Waals surface area contributed by atoms with Gasteiger partial charge in [-0.3, -0.25) is 0 Å². The summed E-state index contributed by atoms with van der Waals surface area (Å²) in [5.41, 5.74) is 15.6. The molecule has 0 bridgehead atoms. The van der Waals surface area contributed by atoms with Crippen LogP contribution in [0.15, 0.2) is 158 Å². The highest BCUT2D eigenvalue weighted by Crippen LogP contribution is 2.45. The molecule has 0 aliphatic heterocycles. The smallest absolute Gasteiger partial charge is 0.0640 e. The normalized spacial score (nSPS) is 11.6. The van der Waals surface area contributed by atoms with Crippen molar-refractivity contribution < 1.29 is 0 Å². The molecular formula is C43H32N2S. The molecule has 8 rings (SSSR count). The van der Waals surface area contributed by atoms with Crippen molar-refractivity contribution in [1.82, 2.24) is 0 Å². The highest BCUT2D eigenvalue weighted by Gasteiger charge is 2.19. The molecule has 0 saturated carbocycles. The number of nitrogens with zero attached hydrogens (tertiary/aromatic N) is 1. The van der Waals surface area contributed by atoms with E-state index in [0.717, 1.165) is 33.0 Å². The van der Waals surface area contributed by atoms with E-state index in [4.69, 9.17) is 5.73 Å². The van der Waals surface area contributed by atoms with Crippen LogP contribution >= 0.6 is 11.3 Å². The van der Waals surface area contributed by atoms with Gasteiger partial charge in [0.2, 0.25) is 0 Å². The molecule has 0 spiro atoms. The molecule has 0 atom stereocenters. The predicted octanol–water partition coefficient (Wildman–Crippen LogP) is 12.6. The van der Waals surface area contributed by atoms with Crippen molar-refractivity contribution in [2.45, 2.75) is 6.92 Å². The SMILES string of the molecule is C/C=C\c1sc2c(N(c3ccc(-c4ccccc4)cc3)c3ccc(-c4ccc5ccc6ccccc6c5c4)cc3)cccc2c1N. The van der Waals surface area contributed by atoms with Crippen LogP contribution in [-0.4, -0.2) is 0 Å². The van der Waals surface area contributed by atoms with Gasteiger partial charge in [-0.05, 0) is 93.2 Å². The van der Waals surface area contributed by atoms with Crippen LogP contribution in [0.4, 0.5) is 22.7 Å². The molecule has 2 nitrogen and oxygen atoms in total. The lowest BCUT2D eigenvalue weighted by molar-refractivity contribution is 1.30. The maximum absolute atomic E-state index is 6.65. The summed E-state index contributed by atoms with van der Waals surface area (Å²) in [4.78, 5) is 3.44. The number of hydrogen-bond acceptors (Lipinski definition) is 3. The summed E-state index contributed by atoms with van der Waals surface area (Å²) in [7, 11) is 0. The summed E-state index contributed by atoms with van der Waals surface area (Å²) in [5, 5.41) is 6.16. The van der Waals surface area contributed by atoms with Crippen molar-refractivity contribution in [3.05, 3.63) is 163 Å². The Balaban J connectivity index is 1.25. The molecule has 0 aliphatic carbocycles. The quantitative estimate of drug-likeness (QED) is 0.190. The predicted molar refractivity (Wildman–Crippen MR) is 202 cm³/mol. The molecule has 7 aromatic carbocycles. The highest BCUT2D eigenvalue weighted by atomic mass is 32.1. The first-order valence-corrected chi connectivity index (χ1v) is 16.4. The minimum absolute atomic E-state index is 0.832. The van der Waals surface area contributed by atoms with Crippen molar-refractivity contribution in [2.24, 2.45) is 0 Å². The second-order valence-electron chi connectivity index (χ2n) is 11.6. The average molecular weight is 609 g/mol. The van der Waals surface area contributed by atoms with E-state index in [1.54, 1.807) is 11.3 Å². The average Bonchev–Trinajstić information content (AvgIpc) is 3.44. The summed E-state index contributed by atoms with van der Waals surface area (Å²) >= 11 is 1.74. The summed E-state index contributed by atoms with van der Waals surface area (Å²) in [6.45, 7) is 2.03. The fraction of sp³-hybridized carbons (Fsp3) is 0.0233. The van der Waals surface area contributed by atoms with Gasteiger partial charge >= 0.3 is 0 Å². The van der Waals surface area contributed by atoms with Gasteiger partial charge in [0.15, 0.2) is 0 Å². The molecule has 0 unspecified atom stereocenters. The van der Waals surface area contributed by atoms with Gasteiger partial charge in [-0.25, -0.2) is 0 Å². The maximum Gasteiger partial charge on any atom is 0.0640 e. The zero-order chi connectivity index (χ0) is 31.0. The molecule has 0 amide bonds. The number of nitrogens with two attached hydrogens (primary N) is 1. The fourth-order valence-corrected chi connectivity index (χ4v) is 7.63. The molecule has 3 heteroatoms. The molecule has 8 aromatic rings. The maximum atomic E-state index is 6.65. The second kappa shape index (κ2) is 11.7. The van der Waals surface area contributed by atoms with Crippen molar-refractivity contribution in [1.29, 1.82) is 0 Å². The Kier molecular flexibility index (Phi) is 7.09. The summed E-state index contributed by atoms with van der Waals surface area (Å²) in [6.07, 6.45) is 4.15. The number of rotatable bonds is 6. The van der Waals surface area contributed by atoms with Gasteiger partial charge < -0.3 is 10.6 Å². The largest absolute Gasteiger partial charge is 0.397 e. The van der Waals surface area contributed by atoms with E-state index in [-0.39, 0.29) is 0 Å². The lowest BCUT2D eigenvalue weighted by atomic mass is 9.97. The van der Waals surface area contributed by atoms with E-state index in [1.807, 2.05) is 6.92 Å². The molecule has 0 radical (unpaired) electrons. The molecule has 0 saturated heterocycles. The van der Waals surface area contributed by atoms with Gasteiger partial charge in [0.25, 0.3) is 0 Å². The van der Waals surface area contributed by atoms with Gasteiger partial charge in [0, 0.05) is 16.8 Å². The third kappa shape index (κ3) is 4.92. The van der Waals surface area contributed by atoms with Crippen LogP contribution in [-0.2, 0) is 0 Å². The number of nitrogen functional groups attached to an aromatic ring is 1. The van der Waals surface area contributed by atoms with Gasteiger partial charge in [0.1, 0.15) is 0 Å². The fourth-order valence-electron chi connectivity index (χ4n) is 6.44. The lowest BCUT2D eigenvalue weighted by Crippen LogP contribution is -2.10. The Labute approximate surface area is 273 Å². The lowest BCUT2D eigenvalue weighted by Gasteiger charge is -2.26. The van der Waals surface area contributed by atoms with Gasteiger partial charge in [-0.15, -0.1) is 11.3 Å². The minimum Gasteiger partial charge on any atom is -0.397 e. The van der Waals surface area contributed by atoms with E-state index in [0.29, 0.717) is 0 Å². The number of allylic oxidation sites excluding steroid dienone is 1. The van der Waals surface area contributed by atoms with Crippen molar-refractivity contribution >= 4 is 71.8 Å². The zero-order valence-electron chi connectivity index (χ0n) is 25.5. The Morgan fingerprint density at radius 3 is 1.80 bits per heavy atom. The number of benzene rings is 7. The topological polar surface area (TPSA) is 29.3 Å². The van der Waals surface area contributed by atoms with Crippen molar-refractivity contribution in [3.63, 3.8) is 0 Å². The first-order valence-electron chi connectivity index (χ1n) is 15.6. The summed E-state index contributed by atoms with van der Waals surface area (Å²) < 4.78 is 1.17. The van der Waals surface area contributed by atoms with E-state index in [9.17, 15) is 0 Å². The molecule has 1 aromatic heterocycles. The van der Waals surface area contributed by atoms with Crippen LogP contribution in [0.2, 0.25) is 0 Å². The van der Waals surface area contributed by atoms with Crippen LogP contribution in [0.25, 0.3) is 60.0 Å². The van der Waals surface area contributed by atoms with Gasteiger partial charge in [0.05, 0.1) is 21.0 Å². The molecule has 220 valence electrons. The Morgan fingerprint density at radius 2 is 1.09 bits per heavy atom. The molecule has 46 heavy (non-hydrogen) atoms. The van der Waals surface area contributed by atoms with Crippen LogP contribution in [0.3, 0.4) is 0 Å². The molecule has 0 fully saturated rings. The first kappa shape index (κ1) is 27.9. The van der Waals surface area contributed by atoms with Crippen molar-refractivity contribution in [2.75, 3.05) is 10.6 Å². The van der Waals surface area contributed by atoms with E-state index < -0.39 is 0 Å². The van der Waals surface area contributed by atoms with Crippen LogP contribution in [0.5, 0.6) is 0 Å². The first-order chi connectivity index (χ1) is 22.7. The Hall–Kier alpha value is -5.64. The standard InChI is InChI=1S/C43H32N2S/c1-2-9-41-42(44)38-14-8-15-40(43(38)46-41)45(35-24-20-30(21-25-35)29-10-4-3-5-11-29)36-26-22-31(23-27-36)34-19-18-33-17-16-32-12-6-7-13-37(32)39(33)28-34/h2-28H,44H2,1H3/b9-2-. The second-order valence-corrected chi connectivity index (χ2v) is 12.6. The number of thiophene rings is 1. The monoisotopic (exact) mass is 608 g/mol. The van der Waals surface area contributed by atoms with Gasteiger partial charge in [-0.1, -0.05) is 121 Å². The van der Waals surface area contributed by atoms with E-state index in [2.05, 4.69) is 169 Å². The molecule has 2 N–H and O–H groups in total. The van der Waals surface area contributed by atoms with Crippen LogP contribution in [0.1, 0.15) is 11.8 Å².